The maximum atomic E-state index is 10.7. The second-order valence-electron chi connectivity index (χ2n) is 2.70. The number of aliphatic hydroxyl groups excluding tert-OH is 4. The molecule has 1 saturated heterocycles. The van der Waals surface area contributed by atoms with Crippen LogP contribution in [0.1, 0.15) is 0 Å². The number of rotatable bonds is 1. The first-order valence-electron chi connectivity index (χ1n) is 3.54. The Balaban J connectivity index is 2.63. The second-order valence-corrected chi connectivity index (χ2v) is 2.70. The van der Waals surface area contributed by atoms with Crippen LogP contribution >= 0.6 is 0 Å². The monoisotopic (exact) mass is 179 g/mol. The molecular formula is C6H11O6. The van der Waals surface area contributed by atoms with Crippen molar-refractivity contribution in [1.29, 1.82) is 0 Å². The van der Waals surface area contributed by atoms with Crippen molar-refractivity contribution >= 4 is 0 Å². The average Bonchev–Trinajstić information content (AvgIpc) is 2.08. The SMILES string of the molecule is [O]C1O[C@H](CO)[C@@H](O)[C@@H](O)[C@H]1O. The standard InChI is InChI=1S/C6H11O6/c7-1-2-3(8)4(9)5(10)6(11)12-2/h2-10H,1H2/t2-,3-,4-,5-,6?/m1/s1. The smallest absolute Gasteiger partial charge is 0.220 e. The third kappa shape index (κ3) is 1.58. The summed E-state index contributed by atoms with van der Waals surface area (Å²) in [7, 11) is 0. The average molecular weight is 179 g/mol. The van der Waals surface area contributed by atoms with Gasteiger partial charge >= 0.3 is 0 Å². The van der Waals surface area contributed by atoms with Gasteiger partial charge in [0, 0.05) is 0 Å². The third-order valence-electron chi connectivity index (χ3n) is 1.85. The quantitative estimate of drug-likeness (QED) is 0.348. The number of ether oxygens (including phenoxy) is 1. The lowest BCUT2D eigenvalue weighted by molar-refractivity contribution is -0.303. The highest BCUT2D eigenvalue weighted by molar-refractivity contribution is 4.87. The summed E-state index contributed by atoms with van der Waals surface area (Å²) in [5.74, 6) is 0. The molecule has 0 aromatic rings. The van der Waals surface area contributed by atoms with Gasteiger partial charge in [-0.1, -0.05) is 0 Å². The molecule has 0 spiro atoms. The summed E-state index contributed by atoms with van der Waals surface area (Å²) >= 11 is 0. The Morgan fingerprint density at radius 3 is 2.17 bits per heavy atom. The molecule has 0 saturated carbocycles. The molecule has 1 unspecified atom stereocenters. The minimum atomic E-state index is -1.82. The molecule has 6 nitrogen and oxygen atoms in total. The van der Waals surface area contributed by atoms with Gasteiger partial charge in [-0.25, -0.2) is 0 Å². The van der Waals surface area contributed by atoms with Gasteiger partial charge in [0.05, 0.1) is 6.61 Å². The Kier molecular flexibility index (Phi) is 2.99. The molecule has 0 aliphatic carbocycles. The van der Waals surface area contributed by atoms with Crippen LogP contribution in [-0.4, -0.2) is 57.7 Å². The topological polar surface area (TPSA) is 110 Å². The van der Waals surface area contributed by atoms with Crippen molar-refractivity contribution in [3.05, 3.63) is 0 Å². The van der Waals surface area contributed by atoms with Gasteiger partial charge in [0.25, 0.3) is 0 Å². The van der Waals surface area contributed by atoms with Crippen molar-refractivity contribution in [3.8, 4) is 0 Å². The molecule has 4 N–H and O–H groups in total. The van der Waals surface area contributed by atoms with E-state index in [1.807, 2.05) is 0 Å². The fourth-order valence-electron chi connectivity index (χ4n) is 1.07. The number of hydrogen-bond donors (Lipinski definition) is 4. The van der Waals surface area contributed by atoms with Gasteiger partial charge in [0.1, 0.15) is 24.4 Å². The minimum Gasteiger partial charge on any atom is -0.394 e. The lowest BCUT2D eigenvalue weighted by Gasteiger charge is -2.36. The van der Waals surface area contributed by atoms with E-state index in [0.29, 0.717) is 0 Å². The van der Waals surface area contributed by atoms with E-state index >= 15 is 0 Å². The van der Waals surface area contributed by atoms with Gasteiger partial charge in [-0.15, -0.1) is 0 Å². The van der Waals surface area contributed by atoms with E-state index in [0.717, 1.165) is 0 Å². The molecule has 1 aliphatic heterocycles. The van der Waals surface area contributed by atoms with Gasteiger partial charge in [-0.05, 0) is 0 Å². The van der Waals surface area contributed by atoms with Crippen LogP contribution in [0.4, 0.5) is 0 Å². The van der Waals surface area contributed by atoms with Gasteiger partial charge in [0.15, 0.2) is 0 Å². The van der Waals surface area contributed by atoms with Crippen molar-refractivity contribution < 1.29 is 30.3 Å². The molecule has 0 amide bonds. The Bertz CT molecular complexity index is 146. The van der Waals surface area contributed by atoms with Crippen LogP contribution in [0.25, 0.3) is 0 Å². The van der Waals surface area contributed by atoms with Crippen LogP contribution < -0.4 is 0 Å². The summed E-state index contributed by atoms with van der Waals surface area (Å²) in [6.45, 7) is -0.566. The molecule has 71 valence electrons. The Labute approximate surface area is 68.6 Å². The molecule has 1 rings (SSSR count). The van der Waals surface area contributed by atoms with Gasteiger partial charge in [-0.3, -0.25) is 0 Å². The largest absolute Gasteiger partial charge is 0.394 e. The normalized spacial score (nSPS) is 49.2. The summed E-state index contributed by atoms with van der Waals surface area (Å²) < 4.78 is 4.46. The number of aliphatic hydroxyl groups is 4. The molecular weight excluding hydrogens is 168 g/mol. The summed E-state index contributed by atoms with van der Waals surface area (Å²) in [4.78, 5) is 0. The molecule has 0 aromatic heterocycles. The minimum absolute atomic E-state index is 0.566. The van der Waals surface area contributed by atoms with Gasteiger partial charge in [-0.2, -0.15) is 5.11 Å². The summed E-state index contributed by atoms with van der Waals surface area (Å²) in [6.07, 6.45) is -7.57. The molecule has 0 bridgehead atoms. The van der Waals surface area contributed by atoms with Crippen LogP contribution in [0.3, 0.4) is 0 Å². The molecule has 1 heterocycles. The van der Waals surface area contributed by atoms with Crippen LogP contribution in [0, 0.1) is 0 Å². The van der Waals surface area contributed by atoms with Crippen LogP contribution in [0.15, 0.2) is 0 Å². The lowest BCUT2D eigenvalue weighted by atomic mass is 10.00. The fourth-order valence-corrected chi connectivity index (χ4v) is 1.07. The first kappa shape index (κ1) is 9.85. The zero-order valence-corrected chi connectivity index (χ0v) is 6.20. The van der Waals surface area contributed by atoms with Crippen molar-refractivity contribution in [2.45, 2.75) is 30.7 Å². The molecule has 1 aliphatic rings. The third-order valence-corrected chi connectivity index (χ3v) is 1.85. The van der Waals surface area contributed by atoms with Gasteiger partial charge in [0.2, 0.25) is 6.29 Å². The predicted molar refractivity (Wildman–Crippen MR) is 34.5 cm³/mol. The number of hydrogen-bond acceptors (Lipinski definition) is 5. The molecule has 6 heteroatoms. The highest BCUT2D eigenvalue weighted by Crippen LogP contribution is 2.19. The van der Waals surface area contributed by atoms with E-state index in [2.05, 4.69) is 4.74 Å². The van der Waals surface area contributed by atoms with E-state index in [9.17, 15) is 5.11 Å². The Morgan fingerprint density at radius 2 is 1.67 bits per heavy atom. The first-order valence-corrected chi connectivity index (χ1v) is 3.54. The van der Waals surface area contributed by atoms with Crippen LogP contribution in [-0.2, 0) is 9.84 Å². The maximum Gasteiger partial charge on any atom is 0.220 e. The van der Waals surface area contributed by atoms with Crippen molar-refractivity contribution in [2.24, 2.45) is 0 Å². The molecule has 1 fully saturated rings. The van der Waals surface area contributed by atoms with Crippen LogP contribution in [0.2, 0.25) is 0 Å². The molecule has 0 aromatic carbocycles. The molecule has 5 atom stereocenters. The van der Waals surface area contributed by atoms with Crippen molar-refractivity contribution in [3.63, 3.8) is 0 Å². The summed E-state index contributed by atoms with van der Waals surface area (Å²) in [5, 5.41) is 46.3. The molecule has 12 heavy (non-hydrogen) atoms. The van der Waals surface area contributed by atoms with Gasteiger partial charge < -0.3 is 25.2 Å². The lowest BCUT2D eigenvalue weighted by Crippen LogP contribution is -2.58. The van der Waals surface area contributed by atoms with E-state index in [1.165, 1.54) is 0 Å². The first-order chi connectivity index (χ1) is 5.57. The maximum absolute atomic E-state index is 10.7. The highest BCUT2D eigenvalue weighted by Gasteiger charge is 2.43. The summed E-state index contributed by atoms with van der Waals surface area (Å²) in [5.41, 5.74) is 0. The van der Waals surface area contributed by atoms with Crippen LogP contribution in [0.5, 0.6) is 0 Å². The predicted octanol–water partition coefficient (Wildman–Crippen LogP) is -2.78. The highest BCUT2D eigenvalue weighted by atomic mass is 16.6. The fraction of sp³-hybridized carbons (Fsp3) is 1.00. The zero-order valence-electron chi connectivity index (χ0n) is 6.20. The van der Waals surface area contributed by atoms with Crippen molar-refractivity contribution in [1.82, 2.24) is 0 Å². The Hall–Kier alpha value is -0.240. The zero-order chi connectivity index (χ0) is 9.30. The van der Waals surface area contributed by atoms with E-state index in [-0.39, 0.29) is 0 Å². The van der Waals surface area contributed by atoms with E-state index in [1.54, 1.807) is 0 Å². The Morgan fingerprint density at radius 1 is 1.08 bits per heavy atom. The van der Waals surface area contributed by atoms with E-state index < -0.39 is 37.3 Å². The summed E-state index contributed by atoms with van der Waals surface area (Å²) in [6, 6.07) is 0. The molecule has 1 radical (unpaired) electrons. The van der Waals surface area contributed by atoms with Crippen molar-refractivity contribution in [2.75, 3.05) is 6.61 Å². The second kappa shape index (κ2) is 3.65. The van der Waals surface area contributed by atoms with E-state index in [4.69, 9.17) is 20.4 Å².